The Kier molecular flexibility index (Phi) is 3.50. The summed E-state index contributed by atoms with van der Waals surface area (Å²) in [4.78, 5) is 4.15. The third-order valence-electron chi connectivity index (χ3n) is 2.29. The molecule has 0 radical (unpaired) electrons. The highest BCUT2D eigenvalue weighted by Gasteiger charge is 2.14. The average molecular weight is 257 g/mol. The monoisotopic (exact) mass is 256 g/mol. The first-order valence-corrected chi connectivity index (χ1v) is 5.56. The maximum atomic E-state index is 5.71. The molecule has 3 nitrogen and oxygen atoms in total. The average Bonchev–Trinajstić information content (AvgIpc) is 2.70. The van der Waals surface area contributed by atoms with Crippen molar-refractivity contribution >= 4 is 15.9 Å². The van der Waals surface area contributed by atoms with Gasteiger partial charge in [-0.2, -0.15) is 0 Å². The molecule has 0 aromatic carbocycles. The van der Waals surface area contributed by atoms with E-state index in [0.717, 1.165) is 29.7 Å². The summed E-state index contributed by atoms with van der Waals surface area (Å²) in [6.07, 6.45) is 3.33. The van der Waals surface area contributed by atoms with Crippen molar-refractivity contribution in [3.8, 4) is 0 Å². The number of pyridine rings is 1. The second-order valence-electron chi connectivity index (χ2n) is 3.41. The second kappa shape index (κ2) is 4.87. The van der Waals surface area contributed by atoms with Crippen molar-refractivity contribution < 1.29 is 4.74 Å². The van der Waals surface area contributed by atoms with E-state index in [4.69, 9.17) is 4.74 Å². The van der Waals surface area contributed by atoms with Crippen LogP contribution in [0, 0.1) is 0 Å². The van der Waals surface area contributed by atoms with Gasteiger partial charge in [-0.05, 0) is 40.5 Å². The predicted octanol–water partition coefficient (Wildman–Crippen LogP) is 1.72. The van der Waals surface area contributed by atoms with Crippen LogP contribution in [-0.4, -0.2) is 24.2 Å². The van der Waals surface area contributed by atoms with Crippen LogP contribution in [0.2, 0.25) is 0 Å². The largest absolute Gasteiger partial charge is 0.372 e. The molecule has 1 N–H and O–H groups in total. The van der Waals surface area contributed by atoms with E-state index in [1.807, 2.05) is 18.3 Å². The molecule has 0 saturated carbocycles. The van der Waals surface area contributed by atoms with E-state index in [9.17, 15) is 0 Å². The second-order valence-corrected chi connectivity index (χ2v) is 4.23. The van der Waals surface area contributed by atoms with Crippen LogP contribution in [0.4, 0.5) is 0 Å². The molecular formula is C10H13BrN2O. The lowest BCUT2D eigenvalue weighted by molar-refractivity contribution is 0.0540. The minimum atomic E-state index is 0.374. The molecule has 0 bridgehead atoms. The zero-order chi connectivity index (χ0) is 9.80. The van der Waals surface area contributed by atoms with Crippen LogP contribution >= 0.6 is 15.9 Å². The van der Waals surface area contributed by atoms with Crippen molar-refractivity contribution in [3.63, 3.8) is 0 Å². The molecule has 1 aliphatic rings. The molecule has 1 unspecified atom stereocenters. The van der Waals surface area contributed by atoms with Gasteiger partial charge in [-0.3, -0.25) is 0 Å². The number of nitrogens with zero attached hydrogens (tertiary/aromatic N) is 1. The third-order valence-corrected chi connectivity index (χ3v) is 2.76. The van der Waals surface area contributed by atoms with E-state index in [0.29, 0.717) is 12.7 Å². The lowest BCUT2D eigenvalue weighted by atomic mass is 10.3. The van der Waals surface area contributed by atoms with Gasteiger partial charge in [-0.25, -0.2) is 4.98 Å². The van der Waals surface area contributed by atoms with Crippen LogP contribution in [0.1, 0.15) is 12.0 Å². The fourth-order valence-corrected chi connectivity index (χ4v) is 1.71. The molecule has 1 aromatic rings. The van der Waals surface area contributed by atoms with Gasteiger partial charge >= 0.3 is 0 Å². The van der Waals surface area contributed by atoms with Gasteiger partial charge in [-0.1, -0.05) is 6.07 Å². The Hall–Kier alpha value is -0.450. The van der Waals surface area contributed by atoms with E-state index in [1.165, 1.54) is 0 Å². The zero-order valence-electron chi connectivity index (χ0n) is 7.87. The van der Waals surface area contributed by atoms with Crippen LogP contribution < -0.4 is 5.32 Å². The molecule has 1 fully saturated rings. The van der Waals surface area contributed by atoms with Crippen molar-refractivity contribution in [3.05, 3.63) is 28.5 Å². The first-order chi connectivity index (χ1) is 6.84. The molecule has 2 rings (SSSR count). The summed E-state index contributed by atoms with van der Waals surface area (Å²) in [6, 6.07) is 3.96. The summed E-state index contributed by atoms with van der Waals surface area (Å²) in [5.74, 6) is 0. The van der Waals surface area contributed by atoms with Crippen LogP contribution in [-0.2, 0) is 11.3 Å². The van der Waals surface area contributed by atoms with Gasteiger partial charge in [0.05, 0.1) is 12.7 Å². The number of ether oxygens (including phenoxy) is 1. The van der Waals surface area contributed by atoms with Crippen LogP contribution in [0.25, 0.3) is 0 Å². The van der Waals surface area contributed by atoms with Gasteiger partial charge in [-0.15, -0.1) is 0 Å². The molecule has 76 valence electrons. The topological polar surface area (TPSA) is 34.1 Å². The van der Waals surface area contributed by atoms with Crippen molar-refractivity contribution in [2.45, 2.75) is 19.1 Å². The molecule has 0 aliphatic carbocycles. The van der Waals surface area contributed by atoms with E-state index in [-0.39, 0.29) is 0 Å². The van der Waals surface area contributed by atoms with E-state index < -0.39 is 0 Å². The fourth-order valence-electron chi connectivity index (χ4n) is 1.48. The lowest BCUT2D eigenvalue weighted by Crippen LogP contribution is -2.16. The van der Waals surface area contributed by atoms with Crippen molar-refractivity contribution in [1.29, 1.82) is 0 Å². The normalized spacial score (nSPS) is 21.4. The first-order valence-electron chi connectivity index (χ1n) is 4.77. The van der Waals surface area contributed by atoms with Gasteiger partial charge in [0.1, 0.15) is 4.60 Å². The Morgan fingerprint density at radius 1 is 1.57 bits per heavy atom. The van der Waals surface area contributed by atoms with Gasteiger partial charge in [0.15, 0.2) is 0 Å². The molecular weight excluding hydrogens is 244 g/mol. The predicted molar refractivity (Wildman–Crippen MR) is 58.0 cm³/mol. The minimum absolute atomic E-state index is 0.374. The third kappa shape index (κ3) is 2.77. The van der Waals surface area contributed by atoms with Crippen LogP contribution in [0.5, 0.6) is 0 Å². The molecule has 1 saturated heterocycles. The number of halogens is 1. The van der Waals surface area contributed by atoms with E-state index in [1.54, 1.807) is 0 Å². The Bertz CT molecular complexity index is 283. The lowest BCUT2D eigenvalue weighted by Gasteiger charge is -2.09. The Balaban J connectivity index is 1.82. The first kappa shape index (κ1) is 10.1. The van der Waals surface area contributed by atoms with Crippen LogP contribution in [0.3, 0.4) is 0 Å². The van der Waals surface area contributed by atoms with Crippen molar-refractivity contribution in [2.24, 2.45) is 0 Å². The number of hydrogen-bond donors (Lipinski definition) is 1. The molecule has 14 heavy (non-hydrogen) atoms. The number of rotatable bonds is 3. The molecule has 0 amide bonds. The molecule has 1 atom stereocenters. The van der Waals surface area contributed by atoms with E-state index in [2.05, 4.69) is 26.2 Å². The van der Waals surface area contributed by atoms with Crippen LogP contribution in [0.15, 0.2) is 22.9 Å². The Morgan fingerprint density at radius 2 is 2.50 bits per heavy atom. The quantitative estimate of drug-likeness (QED) is 0.837. The fraction of sp³-hybridized carbons (Fsp3) is 0.500. The number of hydrogen-bond acceptors (Lipinski definition) is 3. The maximum absolute atomic E-state index is 5.71. The summed E-state index contributed by atoms with van der Waals surface area (Å²) in [6.45, 7) is 2.71. The van der Waals surface area contributed by atoms with Gasteiger partial charge < -0.3 is 10.1 Å². The SMILES string of the molecule is Brc1ccc(COC2CCNC2)cn1. The summed E-state index contributed by atoms with van der Waals surface area (Å²) in [5.41, 5.74) is 1.13. The van der Waals surface area contributed by atoms with Gasteiger partial charge in [0, 0.05) is 12.7 Å². The molecule has 4 heteroatoms. The zero-order valence-corrected chi connectivity index (χ0v) is 9.46. The molecule has 1 aliphatic heterocycles. The summed E-state index contributed by atoms with van der Waals surface area (Å²) in [7, 11) is 0. The summed E-state index contributed by atoms with van der Waals surface area (Å²) >= 11 is 3.30. The highest BCUT2D eigenvalue weighted by Crippen LogP contribution is 2.10. The minimum Gasteiger partial charge on any atom is -0.372 e. The summed E-state index contributed by atoms with van der Waals surface area (Å²) in [5, 5.41) is 3.27. The Labute approximate surface area is 92.0 Å². The van der Waals surface area contributed by atoms with Crippen molar-refractivity contribution in [1.82, 2.24) is 10.3 Å². The number of aromatic nitrogens is 1. The van der Waals surface area contributed by atoms with Gasteiger partial charge in [0.25, 0.3) is 0 Å². The highest BCUT2D eigenvalue weighted by atomic mass is 79.9. The molecule has 2 heterocycles. The van der Waals surface area contributed by atoms with E-state index >= 15 is 0 Å². The van der Waals surface area contributed by atoms with Crippen molar-refractivity contribution in [2.75, 3.05) is 13.1 Å². The summed E-state index contributed by atoms with van der Waals surface area (Å²) < 4.78 is 6.58. The number of nitrogens with one attached hydrogen (secondary N) is 1. The maximum Gasteiger partial charge on any atom is 0.106 e. The molecule has 1 aromatic heterocycles. The highest BCUT2D eigenvalue weighted by molar-refractivity contribution is 9.10. The standard InChI is InChI=1S/C10H13BrN2O/c11-10-2-1-8(5-13-10)7-14-9-3-4-12-6-9/h1-2,5,9,12H,3-4,6-7H2. The smallest absolute Gasteiger partial charge is 0.106 e. The van der Waals surface area contributed by atoms with Gasteiger partial charge in [0.2, 0.25) is 0 Å². The molecule has 0 spiro atoms. The Morgan fingerprint density at radius 3 is 3.14 bits per heavy atom.